The Kier molecular flexibility index (Phi) is 8.75. The fourth-order valence-corrected chi connectivity index (χ4v) is 5.39. The number of carbonyl (C=O) groups excluding carboxylic acids is 2. The van der Waals surface area contributed by atoms with Crippen LogP contribution >= 0.6 is 11.6 Å². The minimum Gasteiger partial charge on any atom is -0.494 e. The van der Waals surface area contributed by atoms with Gasteiger partial charge in [-0.2, -0.15) is 0 Å². The van der Waals surface area contributed by atoms with Crippen molar-refractivity contribution in [1.29, 1.82) is 0 Å². The number of amides is 2. The van der Waals surface area contributed by atoms with Gasteiger partial charge in [-0.3, -0.25) is 9.59 Å². The molecular weight excluding hydrogens is 549 g/mol. The van der Waals surface area contributed by atoms with E-state index in [1.165, 1.54) is 13.2 Å². The lowest BCUT2D eigenvalue weighted by molar-refractivity contribution is -0.126. The summed E-state index contributed by atoms with van der Waals surface area (Å²) in [6.07, 6.45) is 6.18. The van der Waals surface area contributed by atoms with Crippen molar-refractivity contribution in [2.75, 3.05) is 45.7 Å². The van der Waals surface area contributed by atoms with Crippen molar-refractivity contribution >= 4 is 40.6 Å². The summed E-state index contributed by atoms with van der Waals surface area (Å²) < 4.78 is 19.4. The van der Waals surface area contributed by atoms with E-state index >= 15 is 0 Å². The van der Waals surface area contributed by atoms with Crippen LogP contribution < -0.4 is 26.0 Å². The minimum atomic E-state index is -0.443. The lowest BCUT2D eigenvalue weighted by atomic mass is 9.95. The summed E-state index contributed by atoms with van der Waals surface area (Å²) in [5.41, 5.74) is 2.54. The van der Waals surface area contributed by atoms with Crippen LogP contribution in [0.4, 0.5) is 10.1 Å². The molecule has 41 heavy (non-hydrogen) atoms. The molecule has 3 aliphatic heterocycles. The van der Waals surface area contributed by atoms with Gasteiger partial charge >= 0.3 is 0 Å². The zero-order valence-corrected chi connectivity index (χ0v) is 23.7. The van der Waals surface area contributed by atoms with Gasteiger partial charge in [0.05, 0.1) is 23.4 Å². The predicted molar refractivity (Wildman–Crippen MR) is 157 cm³/mol. The summed E-state index contributed by atoms with van der Waals surface area (Å²) in [6.45, 7) is 2.30. The lowest BCUT2D eigenvalue weighted by Crippen LogP contribution is -2.45. The van der Waals surface area contributed by atoms with Gasteiger partial charge in [0.15, 0.2) is 17.7 Å². The molecule has 0 spiro atoms. The molecule has 0 bridgehead atoms. The van der Waals surface area contributed by atoms with Crippen LogP contribution in [0.1, 0.15) is 28.8 Å². The highest BCUT2D eigenvalue weighted by Gasteiger charge is 2.32. The maximum atomic E-state index is 14.3. The van der Waals surface area contributed by atoms with E-state index in [0.717, 1.165) is 12.2 Å². The third kappa shape index (κ3) is 6.15. The molecule has 3 aliphatic rings. The van der Waals surface area contributed by atoms with Gasteiger partial charge in [0.2, 0.25) is 5.91 Å². The number of rotatable bonds is 8. The fourth-order valence-electron chi connectivity index (χ4n) is 5.13. The van der Waals surface area contributed by atoms with E-state index < -0.39 is 5.82 Å². The van der Waals surface area contributed by atoms with E-state index in [9.17, 15) is 14.0 Å². The Bertz CT molecular complexity index is 1400. The number of likely N-dealkylation sites (N-methyl/N-ethyl adjacent to an activating group) is 1. The molecular formula is C29H33ClFN7O3. The molecule has 2 amide bonds. The molecule has 4 N–H and O–H groups in total. The van der Waals surface area contributed by atoms with Gasteiger partial charge in [0, 0.05) is 61.9 Å². The van der Waals surface area contributed by atoms with E-state index in [0.29, 0.717) is 60.1 Å². The van der Waals surface area contributed by atoms with Gasteiger partial charge < -0.3 is 35.8 Å². The van der Waals surface area contributed by atoms with Crippen LogP contribution in [0.5, 0.6) is 5.75 Å². The Hall–Kier alpha value is -4.09. The number of anilines is 1. The Labute approximate surface area is 243 Å². The monoisotopic (exact) mass is 581 g/mol. The molecule has 0 aliphatic carbocycles. The molecule has 5 rings (SSSR count). The summed E-state index contributed by atoms with van der Waals surface area (Å²) in [5.74, 6) is 0.139. The average Bonchev–Trinajstić information content (AvgIpc) is 3.42. The van der Waals surface area contributed by atoms with Crippen LogP contribution in [0.3, 0.4) is 0 Å². The lowest BCUT2D eigenvalue weighted by Gasteiger charge is -2.32. The van der Waals surface area contributed by atoms with Crippen molar-refractivity contribution < 1.29 is 18.7 Å². The van der Waals surface area contributed by atoms with E-state index in [1.807, 2.05) is 24.3 Å². The molecule has 0 aromatic heterocycles. The second kappa shape index (κ2) is 12.6. The third-order valence-electron chi connectivity index (χ3n) is 7.38. The summed E-state index contributed by atoms with van der Waals surface area (Å²) in [4.78, 5) is 33.7. The first-order valence-corrected chi connectivity index (χ1v) is 13.9. The molecule has 0 saturated carbocycles. The number of hydrogen-bond donors (Lipinski definition) is 4. The average molecular weight is 582 g/mol. The molecule has 1 saturated heterocycles. The first kappa shape index (κ1) is 28.4. The number of halogens is 2. The van der Waals surface area contributed by atoms with Gasteiger partial charge in [0.1, 0.15) is 5.84 Å². The number of likely N-dealkylation sites (tertiary alicyclic amines) is 1. The number of nitrogens with zero attached hydrogens (tertiary/aromatic N) is 3. The molecule has 3 heterocycles. The smallest absolute Gasteiger partial charge is 0.255 e. The fraction of sp³-hybridized carbons (Fsp3) is 0.345. The maximum Gasteiger partial charge on any atom is 0.255 e. The summed E-state index contributed by atoms with van der Waals surface area (Å²) in [7, 11) is 3.27. The van der Waals surface area contributed by atoms with E-state index in [-0.39, 0.29) is 29.6 Å². The number of fused-ring (bicyclic) bond motifs is 1. The molecule has 12 heteroatoms. The number of piperidine rings is 1. The second-order valence-electron chi connectivity index (χ2n) is 9.95. The van der Waals surface area contributed by atoms with Crippen molar-refractivity contribution in [2.45, 2.75) is 19.0 Å². The van der Waals surface area contributed by atoms with Gasteiger partial charge in [0.25, 0.3) is 5.91 Å². The van der Waals surface area contributed by atoms with Gasteiger partial charge in [-0.05, 0) is 56.3 Å². The first-order valence-electron chi connectivity index (χ1n) is 13.5. The Morgan fingerprint density at radius 2 is 1.98 bits per heavy atom. The molecule has 1 atom stereocenters. The van der Waals surface area contributed by atoms with Crippen LogP contribution in [0, 0.1) is 11.7 Å². The van der Waals surface area contributed by atoms with Crippen LogP contribution in [0.2, 0.25) is 5.02 Å². The Balaban J connectivity index is 1.19. The zero-order chi connectivity index (χ0) is 28.9. The summed E-state index contributed by atoms with van der Waals surface area (Å²) in [5, 5.41) is 12.8. The van der Waals surface area contributed by atoms with E-state index in [2.05, 4.69) is 26.3 Å². The highest BCUT2D eigenvalue weighted by molar-refractivity contribution is 6.34. The largest absolute Gasteiger partial charge is 0.494 e. The Morgan fingerprint density at radius 1 is 1.17 bits per heavy atom. The minimum absolute atomic E-state index is 0.0371. The number of ether oxygens (including phenoxy) is 1. The number of nitrogens with one attached hydrogen (secondary N) is 4. The van der Waals surface area contributed by atoms with Gasteiger partial charge in [-0.25, -0.2) is 9.38 Å². The normalized spacial score (nSPS) is 18.3. The molecule has 1 unspecified atom stereocenters. The number of amidine groups is 1. The highest BCUT2D eigenvalue weighted by Crippen LogP contribution is 2.31. The first-order chi connectivity index (χ1) is 19.9. The number of carbonyl (C=O) groups is 2. The maximum absolute atomic E-state index is 14.3. The van der Waals surface area contributed by atoms with Crippen molar-refractivity contribution in [1.82, 2.24) is 25.8 Å². The quantitative estimate of drug-likeness (QED) is 0.354. The molecule has 0 radical (unpaired) electrons. The molecule has 2 aromatic rings. The zero-order valence-electron chi connectivity index (χ0n) is 22.9. The molecule has 216 valence electrons. The van der Waals surface area contributed by atoms with E-state index in [1.54, 1.807) is 41.4 Å². The van der Waals surface area contributed by atoms with Crippen LogP contribution in [0.15, 0.2) is 60.0 Å². The molecule has 1 fully saturated rings. The number of methoxy groups -OCH3 is 1. The van der Waals surface area contributed by atoms with Crippen molar-refractivity contribution in [2.24, 2.45) is 10.9 Å². The SMILES string of the molecule is CNCCNC(=O)C1CCN(C(=O)c2ccc(NC3=NC=CN4C(c5ccc(OC)c(F)c5)=CNC34)cc2Cl)CC1. The van der Waals surface area contributed by atoms with Crippen LogP contribution in [0.25, 0.3) is 5.70 Å². The number of aliphatic imine (C=N–C) groups is 1. The van der Waals surface area contributed by atoms with Crippen molar-refractivity contribution in [3.8, 4) is 5.75 Å². The highest BCUT2D eigenvalue weighted by atomic mass is 35.5. The predicted octanol–water partition coefficient (Wildman–Crippen LogP) is 3.20. The van der Waals surface area contributed by atoms with Crippen molar-refractivity contribution in [3.63, 3.8) is 0 Å². The molecule has 2 aromatic carbocycles. The number of benzene rings is 2. The second-order valence-corrected chi connectivity index (χ2v) is 10.4. The van der Waals surface area contributed by atoms with Gasteiger partial charge in [-0.1, -0.05) is 11.6 Å². The summed E-state index contributed by atoms with van der Waals surface area (Å²) in [6, 6.07) is 10.0. The Morgan fingerprint density at radius 3 is 2.68 bits per heavy atom. The molecule has 10 nitrogen and oxygen atoms in total. The topological polar surface area (TPSA) is 110 Å². The van der Waals surface area contributed by atoms with Crippen molar-refractivity contribution in [3.05, 3.63) is 77.0 Å². The van der Waals surface area contributed by atoms with Crippen LogP contribution in [-0.2, 0) is 4.79 Å². The standard InChI is InChI=1S/C29H33ClFN7O3/c1-32-9-10-34-28(39)18-7-12-37(13-8-18)29(40)21-5-4-20(16-22(21)30)36-26-27-35-17-24(38(27)14-11-33-26)19-3-6-25(41-2)23(31)15-19/h3-6,11,14-18,27,32,35H,7-10,12-13H2,1-2H3,(H,33,36)(H,34,39). The van der Waals surface area contributed by atoms with Gasteiger partial charge in [-0.15, -0.1) is 0 Å². The van der Waals surface area contributed by atoms with E-state index in [4.69, 9.17) is 16.3 Å². The van der Waals surface area contributed by atoms with Crippen LogP contribution in [-0.4, -0.2) is 74.0 Å². The summed E-state index contributed by atoms with van der Waals surface area (Å²) >= 11 is 6.57. The number of hydrogen-bond acceptors (Lipinski definition) is 8. The third-order valence-corrected chi connectivity index (χ3v) is 7.69.